The van der Waals surface area contributed by atoms with E-state index in [1.165, 1.54) is 13.4 Å². The van der Waals surface area contributed by atoms with Gasteiger partial charge in [0.05, 0.1) is 20.0 Å². The molecule has 1 aromatic heterocycles. The largest absolute Gasteiger partial charge is 0.493 e. The smallest absolute Gasteiger partial charge is 0.363 e. The number of hydrogen-bond acceptors (Lipinski definition) is 8. The van der Waals surface area contributed by atoms with E-state index >= 15 is 0 Å². The van der Waals surface area contributed by atoms with Crippen molar-refractivity contribution in [1.29, 1.82) is 0 Å². The lowest BCUT2D eigenvalue weighted by molar-refractivity contribution is -0.145. The first-order valence-corrected chi connectivity index (χ1v) is 8.13. The molecule has 0 fully saturated rings. The fraction of sp³-hybridized carbons (Fsp3) is 0.211. The van der Waals surface area contributed by atoms with E-state index in [1.807, 2.05) is 0 Å². The minimum atomic E-state index is -0.581. The number of rotatable bonds is 7. The maximum absolute atomic E-state index is 12.0. The van der Waals surface area contributed by atoms with Gasteiger partial charge in [-0.05, 0) is 42.8 Å². The average molecular weight is 371 g/mol. The Morgan fingerprint density at radius 3 is 2.81 bits per heavy atom. The maximum atomic E-state index is 12.0. The predicted molar refractivity (Wildman–Crippen MR) is 94.4 cm³/mol. The zero-order valence-electron chi connectivity index (χ0n) is 14.8. The van der Waals surface area contributed by atoms with Gasteiger partial charge in [-0.2, -0.15) is 0 Å². The molecule has 140 valence electrons. The van der Waals surface area contributed by atoms with Gasteiger partial charge in [0, 0.05) is 0 Å². The Labute approximate surface area is 155 Å². The average Bonchev–Trinajstić information content (AvgIpc) is 3.31. The van der Waals surface area contributed by atoms with Gasteiger partial charge >= 0.3 is 11.9 Å². The van der Waals surface area contributed by atoms with Crippen molar-refractivity contribution >= 4 is 23.9 Å². The molecule has 0 unspecified atom stereocenters. The van der Waals surface area contributed by atoms with Crippen molar-refractivity contribution in [1.82, 2.24) is 0 Å². The third-order valence-electron chi connectivity index (χ3n) is 3.49. The monoisotopic (exact) mass is 371 g/mol. The molecule has 0 N–H and O–H groups in total. The molecule has 0 atom stereocenters. The maximum Gasteiger partial charge on any atom is 0.363 e. The lowest BCUT2D eigenvalue weighted by Crippen LogP contribution is -2.14. The number of nitrogens with zero attached hydrogens (tertiary/aromatic N) is 1. The van der Waals surface area contributed by atoms with Crippen LogP contribution in [0.1, 0.15) is 18.2 Å². The molecular formula is C19H17NO7. The highest BCUT2D eigenvalue weighted by Crippen LogP contribution is 2.29. The van der Waals surface area contributed by atoms with Crippen molar-refractivity contribution in [3.05, 3.63) is 53.6 Å². The standard InChI is InChI=1S/C19H17NO7/c1-3-24-17(21)11-26-14-7-6-12(10-16(14)23-2)9-13-19(22)27-18(20-13)15-5-4-8-25-15/h4-10H,3,11H2,1-2H3/b13-9-. The van der Waals surface area contributed by atoms with E-state index < -0.39 is 11.9 Å². The summed E-state index contributed by atoms with van der Waals surface area (Å²) in [5.74, 6) is 0.198. The van der Waals surface area contributed by atoms with Crippen LogP contribution in [0.25, 0.3) is 6.08 Å². The minimum Gasteiger partial charge on any atom is -0.493 e. The van der Waals surface area contributed by atoms with Crippen molar-refractivity contribution in [3.8, 4) is 11.5 Å². The summed E-state index contributed by atoms with van der Waals surface area (Å²) < 4.78 is 25.8. The van der Waals surface area contributed by atoms with Crippen LogP contribution < -0.4 is 9.47 Å². The van der Waals surface area contributed by atoms with Gasteiger partial charge in [0.2, 0.25) is 0 Å². The molecule has 0 bridgehead atoms. The normalized spacial score (nSPS) is 14.7. The predicted octanol–water partition coefficient (Wildman–Crippen LogP) is 2.57. The number of carbonyl (C=O) groups excluding carboxylic acids is 2. The molecule has 8 nitrogen and oxygen atoms in total. The molecule has 0 aliphatic carbocycles. The molecule has 1 aromatic carbocycles. The highest BCUT2D eigenvalue weighted by Gasteiger charge is 2.25. The second kappa shape index (κ2) is 8.22. The van der Waals surface area contributed by atoms with Crippen LogP contribution in [0.3, 0.4) is 0 Å². The number of methoxy groups -OCH3 is 1. The van der Waals surface area contributed by atoms with E-state index in [1.54, 1.807) is 43.3 Å². The van der Waals surface area contributed by atoms with Gasteiger partial charge in [-0.3, -0.25) is 0 Å². The second-order valence-electron chi connectivity index (χ2n) is 5.32. The number of benzene rings is 1. The first-order valence-electron chi connectivity index (χ1n) is 8.13. The van der Waals surface area contributed by atoms with Gasteiger partial charge in [0.1, 0.15) is 0 Å². The fourth-order valence-corrected chi connectivity index (χ4v) is 2.31. The van der Waals surface area contributed by atoms with Crippen LogP contribution in [0.2, 0.25) is 0 Å². The molecule has 1 aliphatic rings. The Hall–Kier alpha value is -3.55. The first-order chi connectivity index (χ1) is 13.1. The van der Waals surface area contributed by atoms with Crippen LogP contribution in [0.4, 0.5) is 0 Å². The molecule has 2 heterocycles. The highest BCUT2D eigenvalue weighted by atomic mass is 16.6. The molecule has 0 saturated carbocycles. The lowest BCUT2D eigenvalue weighted by atomic mass is 10.1. The summed E-state index contributed by atoms with van der Waals surface area (Å²) in [5, 5.41) is 0. The molecule has 27 heavy (non-hydrogen) atoms. The molecule has 8 heteroatoms. The van der Waals surface area contributed by atoms with Gasteiger partial charge in [0.15, 0.2) is 29.6 Å². The molecule has 0 radical (unpaired) electrons. The zero-order chi connectivity index (χ0) is 19.2. The Morgan fingerprint density at radius 2 is 2.11 bits per heavy atom. The molecule has 0 saturated heterocycles. The second-order valence-corrected chi connectivity index (χ2v) is 5.32. The Kier molecular flexibility index (Phi) is 5.55. The number of esters is 2. The van der Waals surface area contributed by atoms with E-state index in [0.29, 0.717) is 22.8 Å². The van der Waals surface area contributed by atoms with E-state index in [-0.39, 0.29) is 24.8 Å². The Morgan fingerprint density at radius 1 is 1.26 bits per heavy atom. The lowest BCUT2D eigenvalue weighted by Gasteiger charge is -2.10. The Balaban J connectivity index is 1.78. The quantitative estimate of drug-likeness (QED) is 0.545. The molecule has 2 aromatic rings. The topological polar surface area (TPSA) is 96.6 Å². The van der Waals surface area contributed by atoms with Crippen molar-refractivity contribution in [2.75, 3.05) is 20.3 Å². The molecule has 0 spiro atoms. The number of ether oxygens (including phenoxy) is 4. The summed E-state index contributed by atoms with van der Waals surface area (Å²) in [6, 6.07) is 8.30. The number of cyclic esters (lactones) is 1. The number of hydrogen-bond donors (Lipinski definition) is 0. The summed E-state index contributed by atoms with van der Waals surface area (Å²) in [6.07, 6.45) is 3.02. The van der Waals surface area contributed by atoms with Crippen LogP contribution in [0.15, 0.2) is 51.7 Å². The van der Waals surface area contributed by atoms with Crippen molar-refractivity contribution < 1.29 is 33.0 Å². The molecule has 0 amide bonds. The number of furan rings is 1. The molecular weight excluding hydrogens is 354 g/mol. The summed E-state index contributed by atoms with van der Waals surface area (Å²) in [7, 11) is 1.47. The van der Waals surface area contributed by atoms with Gasteiger partial charge in [-0.15, -0.1) is 0 Å². The van der Waals surface area contributed by atoms with E-state index in [9.17, 15) is 9.59 Å². The van der Waals surface area contributed by atoms with Gasteiger partial charge in [0.25, 0.3) is 5.90 Å². The van der Waals surface area contributed by atoms with Crippen LogP contribution >= 0.6 is 0 Å². The summed E-state index contributed by atoms with van der Waals surface area (Å²) in [4.78, 5) is 27.5. The van der Waals surface area contributed by atoms with Crippen molar-refractivity contribution in [3.63, 3.8) is 0 Å². The summed E-state index contributed by atoms with van der Waals surface area (Å²) in [5.41, 5.74) is 0.773. The van der Waals surface area contributed by atoms with Crippen molar-refractivity contribution in [2.45, 2.75) is 6.92 Å². The van der Waals surface area contributed by atoms with Crippen molar-refractivity contribution in [2.24, 2.45) is 4.99 Å². The fourth-order valence-electron chi connectivity index (χ4n) is 2.31. The number of carbonyl (C=O) groups is 2. The molecule has 1 aliphatic heterocycles. The van der Waals surface area contributed by atoms with Crippen LogP contribution in [-0.2, 0) is 19.1 Å². The van der Waals surface area contributed by atoms with Gasteiger partial charge in [-0.25, -0.2) is 14.6 Å². The van der Waals surface area contributed by atoms with E-state index in [0.717, 1.165) is 0 Å². The van der Waals surface area contributed by atoms with Crippen LogP contribution in [0.5, 0.6) is 11.5 Å². The van der Waals surface area contributed by atoms with E-state index in [2.05, 4.69) is 4.99 Å². The Bertz CT molecular complexity index is 897. The third-order valence-corrected chi connectivity index (χ3v) is 3.49. The summed E-state index contributed by atoms with van der Waals surface area (Å²) in [6.45, 7) is 1.77. The van der Waals surface area contributed by atoms with Gasteiger partial charge in [-0.1, -0.05) is 6.07 Å². The highest BCUT2D eigenvalue weighted by molar-refractivity contribution is 6.11. The van der Waals surface area contributed by atoms with Crippen LogP contribution in [-0.4, -0.2) is 38.2 Å². The SMILES string of the molecule is CCOC(=O)COc1ccc(/C=C2\N=C(c3ccco3)OC2=O)cc1OC. The zero-order valence-corrected chi connectivity index (χ0v) is 14.8. The number of aliphatic imine (C=N–C) groups is 1. The minimum absolute atomic E-state index is 0.109. The summed E-state index contributed by atoms with van der Waals surface area (Å²) >= 11 is 0. The van der Waals surface area contributed by atoms with E-state index in [4.69, 9.17) is 23.4 Å². The third kappa shape index (κ3) is 4.35. The first kappa shape index (κ1) is 18.2. The van der Waals surface area contributed by atoms with Crippen LogP contribution in [0, 0.1) is 0 Å². The molecule has 3 rings (SSSR count). The van der Waals surface area contributed by atoms with Gasteiger partial charge < -0.3 is 23.4 Å².